The SMILES string of the molecule is CC1[C@@H]2C[C@H]1N(C=O)C2=O. The molecule has 0 N–H and O–H groups in total. The van der Waals surface area contributed by atoms with Crippen LogP contribution in [0.5, 0.6) is 0 Å². The molecule has 3 fully saturated rings. The maximum Gasteiger partial charge on any atom is 0.232 e. The summed E-state index contributed by atoms with van der Waals surface area (Å²) in [7, 11) is 0. The summed E-state index contributed by atoms with van der Waals surface area (Å²) >= 11 is 0. The first-order valence-electron chi connectivity index (χ1n) is 3.53. The fourth-order valence-electron chi connectivity index (χ4n) is 1.94. The van der Waals surface area contributed by atoms with Crippen LogP contribution in [0.25, 0.3) is 0 Å². The third kappa shape index (κ3) is 0.426. The summed E-state index contributed by atoms with van der Waals surface area (Å²) < 4.78 is 0. The number of carbonyl (C=O) groups excluding carboxylic acids is 2. The Kier molecular flexibility index (Phi) is 0.938. The third-order valence-corrected chi connectivity index (χ3v) is 2.78. The Morgan fingerprint density at radius 1 is 1.70 bits per heavy atom. The number of hydrogen-bond donors (Lipinski definition) is 0. The van der Waals surface area contributed by atoms with Crippen molar-refractivity contribution in [2.75, 3.05) is 0 Å². The number of fused-ring (bicyclic) bond motifs is 1. The molecule has 3 atom stereocenters. The quantitative estimate of drug-likeness (QED) is 0.480. The molecule has 2 saturated heterocycles. The zero-order valence-corrected chi connectivity index (χ0v) is 5.78. The number of rotatable bonds is 1. The summed E-state index contributed by atoms with van der Waals surface area (Å²) in [6.07, 6.45) is 1.56. The fraction of sp³-hybridized carbons (Fsp3) is 0.714. The van der Waals surface area contributed by atoms with E-state index in [2.05, 4.69) is 0 Å². The molecule has 2 aliphatic heterocycles. The largest absolute Gasteiger partial charge is 0.282 e. The van der Waals surface area contributed by atoms with Crippen LogP contribution in [0, 0.1) is 11.8 Å². The van der Waals surface area contributed by atoms with Crippen LogP contribution < -0.4 is 0 Å². The molecule has 2 heterocycles. The first-order chi connectivity index (χ1) is 4.75. The highest BCUT2D eigenvalue weighted by atomic mass is 16.2. The van der Waals surface area contributed by atoms with Crippen molar-refractivity contribution in [1.29, 1.82) is 0 Å². The molecule has 54 valence electrons. The third-order valence-electron chi connectivity index (χ3n) is 2.78. The van der Waals surface area contributed by atoms with Gasteiger partial charge in [-0.2, -0.15) is 0 Å². The monoisotopic (exact) mass is 139 g/mol. The Morgan fingerprint density at radius 2 is 2.40 bits per heavy atom. The van der Waals surface area contributed by atoms with Gasteiger partial charge in [0, 0.05) is 12.0 Å². The maximum absolute atomic E-state index is 11.1. The molecule has 3 rings (SSSR count). The van der Waals surface area contributed by atoms with Crippen molar-refractivity contribution in [3.63, 3.8) is 0 Å². The van der Waals surface area contributed by atoms with E-state index in [0.29, 0.717) is 12.3 Å². The topological polar surface area (TPSA) is 37.4 Å². The Balaban J connectivity index is 2.27. The van der Waals surface area contributed by atoms with Crippen LogP contribution in [-0.4, -0.2) is 23.3 Å². The van der Waals surface area contributed by atoms with E-state index in [4.69, 9.17) is 0 Å². The van der Waals surface area contributed by atoms with Crippen molar-refractivity contribution < 1.29 is 9.59 Å². The van der Waals surface area contributed by atoms with Gasteiger partial charge in [-0.3, -0.25) is 14.5 Å². The normalized spacial score (nSPS) is 43.5. The molecule has 0 radical (unpaired) electrons. The highest BCUT2D eigenvalue weighted by Gasteiger charge is 2.55. The van der Waals surface area contributed by atoms with Gasteiger partial charge < -0.3 is 0 Å². The lowest BCUT2D eigenvalue weighted by Crippen LogP contribution is -2.36. The molecule has 3 nitrogen and oxygen atoms in total. The summed E-state index contributed by atoms with van der Waals surface area (Å²) in [6, 6.07) is 0.231. The Labute approximate surface area is 59.0 Å². The second kappa shape index (κ2) is 1.59. The van der Waals surface area contributed by atoms with Crippen LogP contribution >= 0.6 is 0 Å². The lowest BCUT2D eigenvalue weighted by Gasteiger charge is -2.30. The molecule has 2 amide bonds. The molecule has 0 aromatic rings. The van der Waals surface area contributed by atoms with E-state index in [-0.39, 0.29) is 17.9 Å². The molecule has 0 aromatic carbocycles. The van der Waals surface area contributed by atoms with Gasteiger partial charge in [0.05, 0.1) is 0 Å². The molecule has 1 unspecified atom stereocenters. The Hall–Kier alpha value is -0.860. The van der Waals surface area contributed by atoms with E-state index in [1.165, 1.54) is 4.90 Å². The number of hydrogen-bond acceptors (Lipinski definition) is 2. The smallest absolute Gasteiger partial charge is 0.232 e. The summed E-state index contributed by atoms with van der Waals surface area (Å²) in [4.78, 5) is 22.7. The van der Waals surface area contributed by atoms with Crippen LogP contribution in [0.1, 0.15) is 13.3 Å². The molecule has 3 aliphatic rings. The van der Waals surface area contributed by atoms with Crippen molar-refractivity contribution in [2.24, 2.45) is 11.8 Å². The summed E-state index contributed by atoms with van der Waals surface area (Å²) in [5.41, 5.74) is 0. The van der Waals surface area contributed by atoms with Crippen LogP contribution in [0.2, 0.25) is 0 Å². The Morgan fingerprint density at radius 3 is 2.60 bits per heavy atom. The van der Waals surface area contributed by atoms with Crippen molar-refractivity contribution >= 4 is 12.3 Å². The fourth-order valence-corrected chi connectivity index (χ4v) is 1.94. The lowest BCUT2D eigenvalue weighted by molar-refractivity contribution is -0.135. The van der Waals surface area contributed by atoms with Crippen LogP contribution in [0.15, 0.2) is 0 Å². The van der Waals surface area contributed by atoms with Gasteiger partial charge in [-0.1, -0.05) is 6.92 Å². The second-order valence-corrected chi connectivity index (χ2v) is 3.12. The number of amides is 2. The number of nitrogens with zero attached hydrogens (tertiary/aromatic N) is 1. The first kappa shape index (κ1) is 5.89. The zero-order valence-electron chi connectivity index (χ0n) is 5.78. The average molecular weight is 139 g/mol. The summed E-state index contributed by atoms with van der Waals surface area (Å²) in [6.45, 7) is 2.03. The first-order valence-corrected chi connectivity index (χ1v) is 3.53. The van der Waals surface area contributed by atoms with Gasteiger partial charge in [-0.15, -0.1) is 0 Å². The van der Waals surface area contributed by atoms with Gasteiger partial charge >= 0.3 is 0 Å². The van der Waals surface area contributed by atoms with Crippen molar-refractivity contribution in [3.05, 3.63) is 0 Å². The van der Waals surface area contributed by atoms with Crippen LogP contribution in [0.4, 0.5) is 0 Å². The van der Waals surface area contributed by atoms with Crippen LogP contribution in [0.3, 0.4) is 0 Å². The van der Waals surface area contributed by atoms with Crippen molar-refractivity contribution in [3.8, 4) is 0 Å². The molecule has 10 heavy (non-hydrogen) atoms. The van der Waals surface area contributed by atoms with E-state index in [9.17, 15) is 9.59 Å². The molecule has 0 aromatic heterocycles. The Bertz CT molecular complexity index is 202. The van der Waals surface area contributed by atoms with E-state index in [0.717, 1.165) is 6.42 Å². The summed E-state index contributed by atoms with van der Waals surface area (Å²) in [5, 5.41) is 0. The van der Waals surface area contributed by atoms with Gasteiger partial charge in [0.1, 0.15) is 0 Å². The highest BCUT2D eigenvalue weighted by Crippen LogP contribution is 2.45. The molecular formula is C7H9NO2. The van der Waals surface area contributed by atoms with E-state index < -0.39 is 0 Å². The van der Waals surface area contributed by atoms with E-state index in [1.54, 1.807) is 0 Å². The predicted molar refractivity (Wildman–Crippen MR) is 34.0 cm³/mol. The standard InChI is InChI=1S/C7H9NO2/c1-4-5-2-6(4)8(3-9)7(5)10/h3-6H,2H2,1H3/t4?,5-,6+/m0/s1. The predicted octanol–water partition coefficient (Wildman–Crippen LogP) is 0.00960. The van der Waals surface area contributed by atoms with Gasteiger partial charge in [-0.05, 0) is 12.3 Å². The second-order valence-electron chi connectivity index (χ2n) is 3.12. The molecule has 1 saturated carbocycles. The van der Waals surface area contributed by atoms with E-state index >= 15 is 0 Å². The minimum Gasteiger partial charge on any atom is -0.282 e. The summed E-state index contributed by atoms with van der Waals surface area (Å²) in [5.74, 6) is 0.611. The maximum atomic E-state index is 11.1. The lowest BCUT2D eigenvalue weighted by atomic mass is 9.75. The van der Waals surface area contributed by atoms with Gasteiger partial charge in [0.2, 0.25) is 12.3 Å². The molecule has 3 heteroatoms. The van der Waals surface area contributed by atoms with Crippen molar-refractivity contribution in [2.45, 2.75) is 19.4 Å². The molecule has 0 spiro atoms. The van der Waals surface area contributed by atoms with Gasteiger partial charge in [0.15, 0.2) is 0 Å². The van der Waals surface area contributed by atoms with Crippen molar-refractivity contribution in [1.82, 2.24) is 4.90 Å². The molecule has 2 bridgehead atoms. The average Bonchev–Trinajstić information content (AvgIpc) is 2.36. The molecular weight excluding hydrogens is 130 g/mol. The minimum absolute atomic E-state index is 0.0347. The molecule has 1 aliphatic carbocycles. The van der Waals surface area contributed by atoms with Gasteiger partial charge in [-0.25, -0.2) is 0 Å². The highest BCUT2D eigenvalue weighted by molar-refractivity contribution is 5.93. The van der Waals surface area contributed by atoms with Crippen LogP contribution in [-0.2, 0) is 9.59 Å². The number of carbonyl (C=O) groups is 2. The van der Waals surface area contributed by atoms with E-state index in [1.807, 2.05) is 6.92 Å². The zero-order chi connectivity index (χ0) is 7.30. The minimum atomic E-state index is 0.0347. The number of imide groups is 1. The van der Waals surface area contributed by atoms with Gasteiger partial charge in [0.25, 0.3) is 0 Å².